The van der Waals surface area contributed by atoms with Crippen molar-refractivity contribution in [3.63, 3.8) is 0 Å². The van der Waals surface area contributed by atoms with Crippen molar-refractivity contribution in [3.05, 3.63) is 42.0 Å². The first-order chi connectivity index (χ1) is 4.93. The monoisotopic (exact) mass is 134 g/mol. The Morgan fingerprint density at radius 3 is 2.50 bits per heavy atom. The van der Waals surface area contributed by atoms with Gasteiger partial charge in [0, 0.05) is 0 Å². The molecule has 1 rings (SSSR count). The SMILES string of the molecule is OC/C=C\c1ccccc1. The number of hydrogen-bond acceptors (Lipinski definition) is 1. The molecule has 0 atom stereocenters. The minimum absolute atomic E-state index is 0.106. The molecule has 0 amide bonds. The topological polar surface area (TPSA) is 20.2 Å². The Morgan fingerprint density at radius 1 is 1.20 bits per heavy atom. The number of aliphatic hydroxyl groups excluding tert-OH is 1. The lowest BCUT2D eigenvalue weighted by molar-refractivity contribution is 0.343. The molecule has 0 aromatic heterocycles. The number of benzene rings is 1. The second-order valence-electron chi connectivity index (χ2n) is 2.00. The zero-order valence-corrected chi connectivity index (χ0v) is 5.70. The third-order valence-corrected chi connectivity index (χ3v) is 1.22. The van der Waals surface area contributed by atoms with Crippen LogP contribution < -0.4 is 0 Å². The molecule has 0 heterocycles. The van der Waals surface area contributed by atoms with Crippen molar-refractivity contribution in [2.75, 3.05) is 6.61 Å². The van der Waals surface area contributed by atoms with Crippen molar-refractivity contribution < 1.29 is 5.11 Å². The summed E-state index contributed by atoms with van der Waals surface area (Å²) >= 11 is 0. The van der Waals surface area contributed by atoms with Gasteiger partial charge in [-0.3, -0.25) is 0 Å². The largest absolute Gasteiger partial charge is 0.392 e. The molecule has 0 aliphatic rings. The molecule has 0 aliphatic carbocycles. The highest BCUT2D eigenvalue weighted by atomic mass is 16.2. The van der Waals surface area contributed by atoms with E-state index >= 15 is 0 Å². The molecule has 1 aromatic rings. The predicted molar refractivity (Wildman–Crippen MR) is 42.6 cm³/mol. The molecular weight excluding hydrogens is 124 g/mol. The molecule has 1 aromatic carbocycles. The van der Waals surface area contributed by atoms with E-state index < -0.39 is 0 Å². The third-order valence-electron chi connectivity index (χ3n) is 1.22. The molecule has 10 heavy (non-hydrogen) atoms. The molecule has 0 fully saturated rings. The number of hydrogen-bond donors (Lipinski definition) is 1. The second kappa shape index (κ2) is 3.85. The van der Waals surface area contributed by atoms with Crippen LogP contribution in [0.3, 0.4) is 0 Å². The number of rotatable bonds is 2. The van der Waals surface area contributed by atoms with E-state index in [-0.39, 0.29) is 6.61 Å². The summed E-state index contributed by atoms with van der Waals surface area (Å²) in [5, 5.41) is 8.44. The van der Waals surface area contributed by atoms with Gasteiger partial charge in [0.15, 0.2) is 0 Å². The van der Waals surface area contributed by atoms with Gasteiger partial charge in [0.05, 0.1) is 6.61 Å². The molecule has 0 bridgehead atoms. The van der Waals surface area contributed by atoms with Crippen molar-refractivity contribution in [2.24, 2.45) is 0 Å². The summed E-state index contributed by atoms with van der Waals surface area (Å²) < 4.78 is 0. The molecule has 0 saturated heterocycles. The maximum Gasteiger partial charge on any atom is 0.0615 e. The van der Waals surface area contributed by atoms with Crippen LogP contribution in [0, 0.1) is 0 Å². The first-order valence-electron chi connectivity index (χ1n) is 3.26. The van der Waals surface area contributed by atoms with Crippen LogP contribution in [0.25, 0.3) is 6.08 Å². The lowest BCUT2D eigenvalue weighted by Crippen LogP contribution is -1.72. The molecular formula is C9H10O. The first kappa shape index (κ1) is 7.03. The van der Waals surface area contributed by atoms with E-state index in [4.69, 9.17) is 5.11 Å². The molecule has 0 spiro atoms. The summed E-state index contributed by atoms with van der Waals surface area (Å²) in [5.41, 5.74) is 1.12. The van der Waals surface area contributed by atoms with Crippen molar-refractivity contribution in [2.45, 2.75) is 0 Å². The van der Waals surface area contributed by atoms with Crippen LogP contribution in [0.5, 0.6) is 0 Å². The standard InChI is InChI=1S/C9H10O/c10-8-4-7-9-5-2-1-3-6-9/h1-7,10H,8H2/b7-4-. The molecule has 0 aliphatic heterocycles. The van der Waals surface area contributed by atoms with Gasteiger partial charge in [-0.25, -0.2) is 0 Å². The smallest absolute Gasteiger partial charge is 0.0615 e. The van der Waals surface area contributed by atoms with Crippen molar-refractivity contribution in [1.29, 1.82) is 0 Å². The molecule has 0 radical (unpaired) electrons. The summed E-state index contributed by atoms with van der Waals surface area (Å²) in [4.78, 5) is 0. The van der Waals surface area contributed by atoms with Crippen LogP contribution in [-0.2, 0) is 0 Å². The van der Waals surface area contributed by atoms with Gasteiger partial charge in [0.25, 0.3) is 0 Å². The minimum Gasteiger partial charge on any atom is -0.392 e. The summed E-state index contributed by atoms with van der Waals surface area (Å²) in [6.07, 6.45) is 3.61. The second-order valence-corrected chi connectivity index (χ2v) is 2.00. The van der Waals surface area contributed by atoms with Crippen LogP contribution in [0.15, 0.2) is 36.4 Å². The fourth-order valence-corrected chi connectivity index (χ4v) is 0.753. The summed E-state index contributed by atoms with van der Waals surface area (Å²) in [5.74, 6) is 0. The Balaban J connectivity index is 2.67. The Kier molecular flexibility index (Phi) is 2.71. The maximum absolute atomic E-state index is 8.44. The lowest BCUT2D eigenvalue weighted by atomic mass is 10.2. The van der Waals surface area contributed by atoms with Crippen LogP contribution in [-0.4, -0.2) is 11.7 Å². The Hall–Kier alpha value is -1.08. The molecule has 52 valence electrons. The van der Waals surface area contributed by atoms with Gasteiger partial charge >= 0.3 is 0 Å². The van der Waals surface area contributed by atoms with Crippen molar-refractivity contribution >= 4 is 6.08 Å². The van der Waals surface area contributed by atoms with Gasteiger partial charge < -0.3 is 5.11 Å². The molecule has 0 unspecified atom stereocenters. The van der Waals surface area contributed by atoms with Crippen LogP contribution in [0.4, 0.5) is 0 Å². The van der Waals surface area contributed by atoms with Gasteiger partial charge in [-0.15, -0.1) is 0 Å². The maximum atomic E-state index is 8.44. The van der Waals surface area contributed by atoms with E-state index in [2.05, 4.69) is 0 Å². The van der Waals surface area contributed by atoms with E-state index in [0.29, 0.717) is 0 Å². The Morgan fingerprint density at radius 2 is 1.90 bits per heavy atom. The van der Waals surface area contributed by atoms with E-state index in [9.17, 15) is 0 Å². The third kappa shape index (κ3) is 2.03. The quantitative estimate of drug-likeness (QED) is 0.652. The highest BCUT2D eigenvalue weighted by Crippen LogP contribution is 1.99. The van der Waals surface area contributed by atoms with Crippen LogP contribution in [0.2, 0.25) is 0 Å². The molecule has 1 heteroatoms. The van der Waals surface area contributed by atoms with Crippen molar-refractivity contribution in [1.82, 2.24) is 0 Å². The fraction of sp³-hybridized carbons (Fsp3) is 0.111. The van der Waals surface area contributed by atoms with E-state index in [1.165, 1.54) is 0 Å². The highest BCUT2D eigenvalue weighted by Gasteiger charge is 1.79. The number of aliphatic hydroxyl groups is 1. The molecule has 0 saturated carbocycles. The highest BCUT2D eigenvalue weighted by molar-refractivity contribution is 5.48. The molecule has 1 N–H and O–H groups in total. The van der Waals surface area contributed by atoms with Crippen LogP contribution >= 0.6 is 0 Å². The zero-order valence-electron chi connectivity index (χ0n) is 5.70. The van der Waals surface area contributed by atoms with Crippen molar-refractivity contribution in [3.8, 4) is 0 Å². The zero-order chi connectivity index (χ0) is 7.23. The van der Waals surface area contributed by atoms with Gasteiger partial charge in [-0.05, 0) is 5.56 Å². The summed E-state index contributed by atoms with van der Waals surface area (Å²) in [6, 6.07) is 9.89. The average molecular weight is 134 g/mol. The van der Waals surface area contributed by atoms with Crippen LogP contribution in [0.1, 0.15) is 5.56 Å². The fourth-order valence-electron chi connectivity index (χ4n) is 0.753. The van der Waals surface area contributed by atoms with E-state index in [0.717, 1.165) is 5.56 Å². The lowest BCUT2D eigenvalue weighted by Gasteiger charge is -1.88. The van der Waals surface area contributed by atoms with E-state index in [1.54, 1.807) is 6.08 Å². The summed E-state index contributed by atoms with van der Waals surface area (Å²) in [6.45, 7) is 0.106. The first-order valence-corrected chi connectivity index (χ1v) is 3.26. The summed E-state index contributed by atoms with van der Waals surface area (Å²) in [7, 11) is 0. The van der Waals surface area contributed by atoms with Gasteiger partial charge in [0.2, 0.25) is 0 Å². The van der Waals surface area contributed by atoms with Gasteiger partial charge in [-0.2, -0.15) is 0 Å². The average Bonchev–Trinajstić information content (AvgIpc) is 2.03. The molecule has 1 nitrogen and oxygen atoms in total. The predicted octanol–water partition coefficient (Wildman–Crippen LogP) is 1.69. The van der Waals surface area contributed by atoms with Gasteiger partial charge in [0.1, 0.15) is 0 Å². The van der Waals surface area contributed by atoms with Gasteiger partial charge in [-0.1, -0.05) is 42.5 Å². The Bertz CT molecular complexity index is 201. The van der Waals surface area contributed by atoms with E-state index in [1.807, 2.05) is 36.4 Å². The Labute approximate surface area is 60.6 Å². The normalized spacial score (nSPS) is 10.5. The minimum atomic E-state index is 0.106.